The molecule has 0 atom stereocenters. The normalized spacial score (nSPS) is 11.2. The Kier molecular flexibility index (Phi) is 5.14. The Hall–Kier alpha value is -0.640. The van der Waals surface area contributed by atoms with Crippen molar-refractivity contribution in [2.75, 3.05) is 19.0 Å². The fraction of sp³-hybridized carbons (Fsp3) is 0.417. The molecule has 0 bridgehead atoms. The lowest BCUT2D eigenvalue weighted by Gasteiger charge is -2.22. The zero-order valence-electron chi connectivity index (χ0n) is 10.3. The summed E-state index contributed by atoms with van der Waals surface area (Å²) in [5.74, 6) is -0.300. The summed E-state index contributed by atoms with van der Waals surface area (Å²) >= 11 is 17.8. The monoisotopic (exact) mass is 309 g/mol. The van der Waals surface area contributed by atoms with Gasteiger partial charge in [0.1, 0.15) is 0 Å². The molecule has 18 heavy (non-hydrogen) atoms. The first-order valence-corrected chi connectivity index (χ1v) is 6.38. The molecule has 0 fully saturated rings. The van der Waals surface area contributed by atoms with E-state index in [1.807, 2.05) is 0 Å². The number of methoxy groups -OCH3 is 1. The Morgan fingerprint density at radius 2 is 1.78 bits per heavy atom. The summed E-state index contributed by atoms with van der Waals surface area (Å²) in [5, 5.41) is 4.30. The average molecular weight is 311 g/mol. The van der Waals surface area contributed by atoms with E-state index in [1.54, 1.807) is 26.0 Å². The maximum atomic E-state index is 11.5. The molecule has 0 aliphatic heterocycles. The first-order chi connectivity index (χ1) is 8.27. The van der Waals surface area contributed by atoms with Crippen molar-refractivity contribution in [1.29, 1.82) is 0 Å². The van der Waals surface area contributed by atoms with Gasteiger partial charge in [0.15, 0.2) is 0 Å². The molecule has 1 aromatic rings. The lowest BCUT2D eigenvalue weighted by molar-refractivity contribution is -0.149. The van der Waals surface area contributed by atoms with Crippen LogP contribution in [0.5, 0.6) is 0 Å². The van der Waals surface area contributed by atoms with Crippen molar-refractivity contribution in [3.05, 3.63) is 27.2 Å². The van der Waals surface area contributed by atoms with Gasteiger partial charge in [0.25, 0.3) is 0 Å². The summed E-state index contributed by atoms with van der Waals surface area (Å²) in [4.78, 5) is 11.5. The lowest BCUT2D eigenvalue weighted by atomic mass is 9.93. The molecule has 1 N–H and O–H groups in total. The summed E-state index contributed by atoms with van der Waals surface area (Å²) in [7, 11) is 1.36. The standard InChI is InChI=1S/C12H14Cl3NO2/c1-12(2,11(17)18-3)6-16-10-5-8(14)7(13)4-9(10)15/h4-5,16H,6H2,1-3H3. The zero-order valence-corrected chi connectivity index (χ0v) is 12.6. The second kappa shape index (κ2) is 6.00. The van der Waals surface area contributed by atoms with E-state index in [0.29, 0.717) is 27.3 Å². The Bertz CT molecular complexity index is 461. The van der Waals surface area contributed by atoms with Crippen molar-refractivity contribution >= 4 is 46.5 Å². The second-order valence-electron chi connectivity index (χ2n) is 4.48. The van der Waals surface area contributed by atoms with Crippen LogP contribution in [-0.4, -0.2) is 19.6 Å². The third kappa shape index (κ3) is 3.67. The molecule has 0 aliphatic rings. The number of rotatable bonds is 4. The minimum atomic E-state index is -0.663. The Morgan fingerprint density at radius 3 is 2.33 bits per heavy atom. The molecule has 100 valence electrons. The number of nitrogens with one attached hydrogen (secondary N) is 1. The Morgan fingerprint density at radius 1 is 1.22 bits per heavy atom. The first-order valence-electron chi connectivity index (χ1n) is 5.25. The molecule has 3 nitrogen and oxygen atoms in total. The topological polar surface area (TPSA) is 38.3 Å². The molecule has 1 rings (SSSR count). The van der Waals surface area contributed by atoms with Gasteiger partial charge in [-0.15, -0.1) is 0 Å². The number of hydrogen-bond acceptors (Lipinski definition) is 3. The number of esters is 1. The van der Waals surface area contributed by atoms with Gasteiger partial charge in [-0.1, -0.05) is 34.8 Å². The number of benzene rings is 1. The van der Waals surface area contributed by atoms with Crippen LogP contribution in [-0.2, 0) is 9.53 Å². The van der Waals surface area contributed by atoms with Gasteiger partial charge in [0.05, 0.1) is 33.3 Å². The smallest absolute Gasteiger partial charge is 0.313 e. The Labute approximate surface area is 121 Å². The third-order valence-electron chi connectivity index (χ3n) is 2.47. The van der Waals surface area contributed by atoms with Gasteiger partial charge < -0.3 is 10.1 Å². The van der Waals surface area contributed by atoms with Crippen LogP contribution in [0.4, 0.5) is 5.69 Å². The van der Waals surface area contributed by atoms with Crippen LogP contribution in [0.1, 0.15) is 13.8 Å². The van der Waals surface area contributed by atoms with Gasteiger partial charge in [-0.25, -0.2) is 0 Å². The predicted octanol–water partition coefficient (Wildman–Crippen LogP) is 4.26. The van der Waals surface area contributed by atoms with E-state index < -0.39 is 5.41 Å². The molecule has 0 radical (unpaired) electrons. The first kappa shape index (κ1) is 15.4. The molecule has 0 aliphatic carbocycles. The van der Waals surface area contributed by atoms with Gasteiger partial charge in [-0.3, -0.25) is 4.79 Å². The zero-order chi connectivity index (χ0) is 13.9. The average Bonchev–Trinajstić information content (AvgIpc) is 2.31. The predicted molar refractivity (Wildman–Crippen MR) is 75.8 cm³/mol. The van der Waals surface area contributed by atoms with Crippen LogP contribution < -0.4 is 5.32 Å². The molecule has 0 saturated carbocycles. The van der Waals surface area contributed by atoms with Crippen molar-refractivity contribution in [1.82, 2.24) is 0 Å². The van der Waals surface area contributed by atoms with Gasteiger partial charge >= 0.3 is 5.97 Å². The van der Waals surface area contributed by atoms with Gasteiger partial charge in [-0.05, 0) is 26.0 Å². The second-order valence-corrected chi connectivity index (χ2v) is 5.70. The van der Waals surface area contributed by atoms with Crippen LogP contribution in [0.25, 0.3) is 0 Å². The number of carbonyl (C=O) groups excluding carboxylic acids is 1. The van der Waals surface area contributed by atoms with E-state index in [9.17, 15) is 4.79 Å². The number of ether oxygens (including phenoxy) is 1. The van der Waals surface area contributed by atoms with E-state index in [-0.39, 0.29) is 5.97 Å². The Balaban J connectivity index is 2.81. The molecule has 6 heteroatoms. The van der Waals surface area contributed by atoms with Crippen molar-refractivity contribution < 1.29 is 9.53 Å². The highest BCUT2D eigenvalue weighted by Crippen LogP contribution is 2.33. The lowest BCUT2D eigenvalue weighted by Crippen LogP contribution is -2.33. The van der Waals surface area contributed by atoms with E-state index in [2.05, 4.69) is 5.32 Å². The van der Waals surface area contributed by atoms with Crippen LogP contribution in [0, 0.1) is 5.41 Å². The van der Waals surface area contributed by atoms with Crippen LogP contribution in [0.2, 0.25) is 15.1 Å². The van der Waals surface area contributed by atoms with E-state index in [1.165, 1.54) is 7.11 Å². The minimum absolute atomic E-state index is 0.300. The maximum absolute atomic E-state index is 11.5. The molecule has 0 unspecified atom stereocenters. The molecule has 1 aromatic carbocycles. The molecular weight excluding hydrogens is 296 g/mol. The van der Waals surface area contributed by atoms with Gasteiger partial charge in [0.2, 0.25) is 0 Å². The van der Waals surface area contributed by atoms with Crippen LogP contribution >= 0.6 is 34.8 Å². The summed E-state index contributed by atoms with van der Waals surface area (Å²) < 4.78 is 4.72. The van der Waals surface area contributed by atoms with Crippen molar-refractivity contribution in [2.24, 2.45) is 5.41 Å². The van der Waals surface area contributed by atoms with Gasteiger partial charge in [-0.2, -0.15) is 0 Å². The number of hydrogen-bond donors (Lipinski definition) is 1. The molecule has 0 saturated heterocycles. The summed E-state index contributed by atoms with van der Waals surface area (Å²) in [6.45, 7) is 3.92. The third-order valence-corrected chi connectivity index (χ3v) is 3.50. The summed E-state index contributed by atoms with van der Waals surface area (Å²) in [5.41, 5.74) is -0.0347. The fourth-order valence-corrected chi connectivity index (χ4v) is 1.94. The van der Waals surface area contributed by atoms with Crippen molar-refractivity contribution in [3.63, 3.8) is 0 Å². The van der Waals surface area contributed by atoms with Crippen LogP contribution in [0.3, 0.4) is 0 Å². The SMILES string of the molecule is COC(=O)C(C)(C)CNc1cc(Cl)c(Cl)cc1Cl. The summed E-state index contributed by atoms with van der Waals surface area (Å²) in [6.07, 6.45) is 0. The van der Waals surface area contributed by atoms with Crippen molar-refractivity contribution in [2.45, 2.75) is 13.8 Å². The minimum Gasteiger partial charge on any atom is -0.469 e. The maximum Gasteiger partial charge on any atom is 0.313 e. The number of halogens is 3. The number of anilines is 1. The van der Waals surface area contributed by atoms with Gasteiger partial charge in [0, 0.05) is 6.54 Å². The van der Waals surface area contributed by atoms with E-state index in [4.69, 9.17) is 39.5 Å². The highest BCUT2D eigenvalue weighted by atomic mass is 35.5. The van der Waals surface area contributed by atoms with Crippen LogP contribution in [0.15, 0.2) is 12.1 Å². The molecule has 0 spiro atoms. The highest BCUT2D eigenvalue weighted by Gasteiger charge is 2.28. The molecule has 0 heterocycles. The molecule has 0 amide bonds. The highest BCUT2D eigenvalue weighted by molar-refractivity contribution is 6.44. The molecule has 0 aromatic heterocycles. The largest absolute Gasteiger partial charge is 0.469 e. The number of carbonyl (C=O) groups is 1. The molecular formula is C12H14Cl3NO2. The quantitative estimate of drug-likeness (QED) is 0.667. The fourth-order valence-electron chi connectivity index (χ4n) is 1.32. The van der Waals surface area contributed by atoms with E-state index >= 15 is 0 Å². The van der Waals surface area contributed by atoms with E-state index in [0.717, 1.165) is 0 Å². The van der Waals surface area contributed by atoms with Crippen molar-refractivity contribution in [3.8, 4) is 0 Å². The summed E-state index contributed by atoms with van der Waals surface area (Å²) in [6, 6.07) is 3.18.